The molecule has 3 aromatic rings. The van der Waals surface area contributed by atoms with Crippen LogP contribution in [0, 0.1) is 12.7 Å². The lowest BCUT2D eigenvalue weighted by atomic mass is 9.81. The summed E-state index contributed by atoms with van der Waals surface area (Å²) in [7, 11) is 1.32. The van der Waals surface area contributed by atoms with E-state index in [4.69, 9.17) is 0 Å². The highest BCUT2D eigenvalue weighted by molar-refractivity contribution is 6.03. The number of hydrogen-bond donors (Lipinski definition) is 2. The van der Waals surface area contributed by atoms with E-state index in [1.165, 1.54) is 45.3 Å². The number of carboxylic acid groups (broad SMARTS) is 1. The quantitative estimate of drug-likeness (QED) is 0.278. The Labute approximate surface area is 248 Å². The van der Waals surface area contributed by atoms with Crippen molar-refractivity contribution >= 4 is 17.6 Å². The number of carbonyl (C=O) groups excluding carboxylic acids is 1. The van der Waals surface area contributed by atoms with E-state index >= 15 is 0 Å². The number of nitrogens with zero attached hydrogens (tertiary/aromatic N) is 2. The third-order valence-corrected chi connectivity index (χ3v) is 8.15. The maximum Gasteiger partial charge on any atom is 0.416 e. The summed E-state index contributed by atoms with van der Waals surface area (Å²) in [6, 6.07) is 6.13. The lowest BCUT2D eigenvalue weighted by molar-refractivity contribution is -0.144. The summed E-state index contributed by atoms with van der Waals surface area (Å²) < 4.78 is 95.5. The first-order valence-electron chi connectivity index (χ1n) is 13.5. The number of carbonyl (C=O) groups is 2. The molecule has 0 unspecified atom stereocenters. The Kier molecular flexibility index (Phi) is 8.35. The maximum absolute atomic E-state index is 14.0. The second-order valence-corrected chi connectivity index (χ2v) is 11.7. The van der Waals surface area contributed by atoms with E-state index < -0.39 is 63.7 Å². The first-order valence-corrected chi connectivity index (χ1v) is 13.5. The van der Waals surface area contributed by atoms with Gasteiger partial charge in [0.25, 0.3) is 0 Å². The summed E-state index contributed by atoms with van der Waals surface area (Å²) >= 11 is 0. The molecule has 1 saturated heterocycles. The molecule has 13 heteroatoms. The molecule has 2 atom stereocenters. The number of aliphatic carboxylic acids is 1. The van der Waals surface area contributed by atoms with E-state index in [-0.39, 0.29) is 11.8 Å². The van der Waals surface area contributed by atoms with Crippen molar-refractivity contribution in [3.05, 3.63) is 82.4 Å². The third-order valence-electron chi connectivity index (χ3n) is 8.15. The summed E-state index contributed by atoms with van der Waals surface area (Å²) in [5.74, 6) is -2.40. The van der Waals surface area contributed by atoms with Crippen LogP contribution in [-0.2, 0) is 27.4 Å². The third kappa shape index (κ3) is 6.28. The Morgan fingerprint density at radius 2 is 1.52 bits per heavy atom. The van der Waals surface area contributed by atoms with Gasteiger partial charge in [-0.15, -0.1) is 0 Å². The van der Waals surface area contributed by atoms with Crippen LogP contribution >= 0.6 is 0 Å². The van der Waals surface area contributed by atoms with Gasteiger partial charge in [-0.3, -0.25) is 19.9 Å². The topological polar surface area (TPSA) is 82.5 Å². The van der Waals surface area contributed by atoms with Crippen molar-refractivity contribution in [1.29, 1.82) is 0 Å². The molecule has 0 bridgehead atoms. The molecular formula is C31H30F7N3O3. The molecule has 44 heavy (non-hydrogen) atoms. The monoisotopic (exact) mass is 625 g/mol. The first kappa shape index (κ1) is 32.9. The smallest absolute Gasteiger partial charge is 0.416 e. The molecule has 2 N–H and O–H groups in total. The van der Waals surface area contributed by atoms with E-state index in [9.17, 15) is 45.4 Å². The van der Waals surface area contributed by atoms with Crippen molar-refractivity contribution < 1.29 is 45.4 Å². The summed E-state index contributed by atoms with van der Waals surface area (Å²) in [5.41, 5.74) is -4.73. The minimum atomic E-state index is -5.10. The SMILES string of the molecule is Cc1cc(F)ccc1-c1cc([C@@H]2CC[C@](C)(C(=O)O)N2)ncc1N(C)C(=O)C(C)(C)c1cc(C(F)(F)F)cc(C(F)(F)F)c1. The fourth-order valence-corrected chi connectivity index (χ4v) is 5.39. The van der Waals surface area contributed by atoms with Gasteiger partial charge in [0.1, 0.15) is 11.4 Å². The van der Waals surface area contributed by atoms with Gasteiger partial charge >= 0.3 is 18.3 Å². The van der Waals surface area contributed by atoms with Crippen LogP contribution < -0.4 is 10.2 Å². The number of rotatable bonds is 6. The summed E-state index contributed by atoms with van der Waals surface area (Å²) in [5, 5.41) is 12.7. The number of aryl methyl sites for hydroxylation is 1. The molecule has 1 amide bonds. The fourth-order valence-electron chi connectivity index (χ4n) is 5.39. The van der Waals surface area contributed by atoms with Crippen molar-refractivity contribution in [2.24, 2.45) is 0 Å². The predicted molar refractivity (Wildman–Crippen MR) is 148 cm³/mol. The maximum atomic E-state index is 14.0. The molecule has 0 aliphatic carbocycles. The molecule has 6 nitrogen and oxygen atoms in total. The summed E-state index contributed by atoms with van der Waals surface area (Å²) in [6.07, 6.45) is -8.13. The molecule has 2 heterocycles. The number of carboxylic acids is 1. The van der Waals surface area contributed by atoms with Gasteiger partial charge in [0, 0.05) is 12.6 Å². The fraction of sp³-hybridized carbons (Fsp3) is 0.387. The van der Waals surface area contributed by atoms with Crippen molar-refractivity contribution in [2.45, 2.75) is 69.9 Å². The predicted octanol–water partition coefficient (Wildman–Crippen LogP) is 7.44. The number of alkyl halides is 6. The van der Waals surface area contributed by atoms with Gasteiger partial charge in [0.15, 0.2) is 0 Å². The van der Waals surface area contributed by atoms with Crippen LogP contribution in [-0.4, -0.2) is 34.6 Å². The molecule has 236 valence electrons. The zero-order valence-corrected chi connectivity index (χ0v) is 24.4. The number of aromatic nitrogens is 1. The van der Waals surface area contributed by atoms with Gasteiger partial charge in [0.2, 0.25) is 5.91 Å². The highest BCUT2D eigenvalue weighted by Crippen LogP contribution is 2.42. The van der Waals surface area contributed by atoms with E-state index in [1.54, 1.807) is 19.9 Å². The Morgan fingerprint density at radius 1 is 0.955 bits per heavy atom. The Hall–Kier alpha value is -4.00. The first-order chi connectivity index (χ1) is 20.1. The number of anilines is 1. The van der Waals surface area contributed by atoms with Gasteiger partial charge < -0.3 is 10.0 Å². The standard InChI is InChI=1S/C31H30F7N3O3/c1-16-10-20(32)6-7-21(16)22-14-24(23-8-9-29(4,40-23)27(43)44)39-15-25(22)41(5)26(42)28(2,3)17-11-18(30(33,34)35)13-19(12-17)31(36,37)38/h6-7,10-15,23,40H,8-9H2,1-5H3,(H,43,44)/t23-,29+/m0/s1. The molecule has 1 aromatic heterocycles. The molecular weight excluding hydrogens is 595 g/mol. The van der Waals surface area contributed by atoms with E-state index in [1.807, 2.05) is 0 Å². The lowest BCUT2D eigenvalue weighted by Gasteiger charge is -2.32. The molecule has 1 fully saturated rings. The van der Waals surface area contributed by atoms with Gasteiger partial charge in [-0.2, -0.15) is 26.3 Å². The van der Waals surface area contributed by atoms with E-state index in [0.29, 0.717) is 47.4 Å². The summed E-state index contributed by atoms with van der Waals surface area (Å²) in [4.78, 5) is 31.2. The molecule has 0 radical (unpaired) electrons. The average Bonchev–Trinajstić information content (AvgIpc) is 3.34. The number of halogens is 7. The molecule has 1 aliphatic heterocycles. The number of nitrogens with one attached hydrogen (secondary N) is 1. The van der Waals surface area contributed by atoms with E-state index in [0.717, 1.165) is 4.90 Å². The van der Waals surface area contributed by atoms with Gasteiger partial charge in [0.05, 0.1) is 40.2 Å². The Balaban J connectivity index is 1.82. The number of pyridine rings is 1. The van der Waals surface area contributed by atoms with E-state index in [2.05, 4.69) is 10.3 Å². The number of amides is 1. The Bertz CT molecular complexity index is 1590. The summed E-state index contributed by atoms with van der Waals surface area (Å²) in [6.45, 7) is 5.62. The molecule has 2 aromatic carbocycles. The van der Waals surface area contributed by atoms with Crippen molar-refractivity contribution in [3.8, 4) is 11.1 Å². The number of likely N-dealkylation sites (N-methyl/N-ethyl adjacent to an activating group) is 1. The van der Waals surface area contributed by atoms with Crippen LogP contribution in [0.25, 0.3) is 11.1 Å². The van der Waals surface area contributed by atoms with Crippen molar-refractivity contribution in [2.75, 3.05) is 11.9 Å². The minimum Gasteiger partial charge on any atom is -0.480 e. The number of hydrogen-bond acceptors (Lipinski definition) is 4. The molecule has 0 saturated carbocycles. The number of benzene rings is 2. The van der Waals surface area contributed by atoms with Crippen LogP contribution in [0.15, 0.2) is 48.7 Å². The van der Waals surface area contributed by atoms with Crippen LogP contribution in [0.5, 0.6) is 0 Å². The normalized spacial score (nSPS) is 19.2. The van der Waals surface area contributed by atoms with Gasteiger partial charge in [-0.05, 0) is 93.6 Å². The second-order valence-electron chi connectivity index (χ2n) is 11.7. The average molecular weight is 626 g/mol. The van der Waals surface area contributed by atoms with Crippen molar-refractivity contribution in [3.63, 3.8) is 0 Å². The van der Waals surface area contributed by atoms with Crippen LogP contribution in [0.4, 0.5) is 36.4 Å². The molecule has 1 aliphatic rings. The van der Waals surface area contributed by atoms with Crippen LogP contribution in [0.2, 0.25) is 0 Å². The highest BCUT2D eigenvalue weighted by Gasteiger charge is 2.43. The van der Waals surface area contributed by atoms with Gasteiger partial charge in [-0.1, -0.05) is 6.07 Å². The Morgan fingerprint density at radius 3 is 2.02 bits per heavy atom. The molecule has 4 rings (SSSR count). The second kappa shape index (κ2) is 11.2. The van der Waals surface area contributed by atoms with Crippen molar-refractivity contribution in [1.82, 2.24) is 10.3 Å². The minimum absolute atomic E-state index is 0.00176. The zero-order valence-electron chi connectivity index (χ0n) is 24.4. The zero-order chi connectivity index (χ0) is 33.0. The van der Waals surface area contributed by atoms with Crippen LogP contribution in [0.3, 0.4) is 0 Å². The van der Waals surface area contributed by atoms with Crippen LogP contribution in [0.1, 0.15) is 67.6 Å². The highest BCUT2D eigenvalue weighted by atomic mass is 19.4. The molecule has 0 spiro atoms. The van der Waals surface area contributed by atoms with Gasteiger partial charge in [-0.25, -0.2) is 4.39 Å². The lowest BCUT2D eigenvalue weighted by Crippen LogP contribution is -2.45. The largest absolute Gasteiger partial charge is 0.480 e.